The van der Waals surface area contributed by atoms with Crippen molar-refractivity contribution in [1.29, 1.82) is 0 Å². The molecule has 2 rings (SSSR count). The van der Waals surface area contributed by atoms with E-state index in [1.54, 1.807) is 0 Å². The van der Waals surface area contributed by atoms with E-state index in [1.165, 1.54) is 5.56 Å². The van der Waals surface area contributed by atoms with Crippen LogP contribution in [0.5, 0.6) is 0 Å². The summed E-state index contributed by atoms with van der Waals surface area (Å²) >= 11 is 0. The highest BCUT2D eigenvalue weighted by Gasteiger charge is 2.26. The Morgan fingerprint density at radius 3 is 2.24 bits per heavy atom. The maximum absolute atomic E-state index is 8.88. The third kappa shape index (κ3) is 4.19. The zero-order chi connectivity index (χ0) is 15.2. The molecule has 5 nitrogen and oxygen atoms in total. The van der Waals surface area contributed by atoms with Gasteiger partial charge in [-0.25, -0.2) is 0 Å². The van der Waals surface area contributed by atoms with Crippen molar-refractivity contribution < 1.29 is 5.21 Å². The van der Waals surface area contributed by atoms with Crippen LogP contribution in [0.1, 0.15) is 31.9 Å². The van der Waals surface area contributed by atoms with E-state index in [0.717, 1.165) is 26.2 Å². The van der Waals surface area contributed by atoms with Crippen LogP contribution in [0.3, 0.4) is 0 Å². The molecule has 0 spiro atoms. The van der Waals surface area contributed by atoms with E-state index in [-0.39, 0.29) is 11.9 Å². The molecule has 5 heteroatoms. The summed E-state index contributed by atoms with van der Waals surface area (Å²) in [6.07, 6.45) is 0.558. The van der Waals surface area contributed by atoms with Gasteiger partial charge in [0.1, 0.15) is 5.84 Å². The summed E-state index contributed by atoms with van der Waals surface area (Å²) in [5.74, 6) is 0.287. The van der Waals surface area contributed by atoms with Crippen LogP contribution in [0, 0.1) is 0 Å². The van der Waals surface area contributed by atoms with Crippen molar-refractivity contribution in [3.8, 4) is 0 Å². The quantitative estimate of drug-likeness (QED) is 0.376. The summed E-state index contributed by atoms with van der Waals surface area (Å²) in [6.45, 7) is 8.63. The monoisotopic (exact) mass is 290 g/mol. The van der Waals surface area contributed by atoms with Gasteiger partial charge in [0.2, 0.25) is 0 Å². The lowest BCUT2D eigenvalue weighted by Gasteiger charge is -2.41. The smallest absolute Gasteiger partial charge is 0.141 e. The summed E-state index contributed by atoms with van der Waals surface area (Å²) < 4.78 is 0. The van der Waals surface area contributed by atoms with Crippen LogP contribution in [0.4, 0.5) is 0 Å². The standard InChI is InChI=1S/C16H26N4O/c1-13(2)19-8-10-20(11-9-19)15(12-16(17)18-21)14-6-4-3-5-7-14/h3-7,13,15,21H,8-12H2,1-2H3,(H2,17,18). The minimum absolute atomic E-state index is 0.177. The summed E-state index contributed by atoms with van der Waals surface area (Å²) in [4.78, 5) is 4.92. The van der Waals surface area contributed by atoms with Crippen LogP contribution in [-0.2, 0) is 0 Å². The first kappa shape index (κ1) is 15.8. The second-order valence-corrected chi connectivity index (χ2v) is 5.89. The number of piperazine rings is 1. The maximum atomic E-state index is 8.88. The van der Waals surface area contributed by atoms with E-state index in [9.17, 15) is 0 Å². The van der Waals surface area contributed by atoms with Crippen LogP contribution in [0.25, 0.3) is 0 Å². The van der Waals surface area contributed by atoms with E-state index >= 15 is 0 Å². The lowest BCUT2D eigenvalue weighted by Crippen LogP contribution is -2.50. The Morgan fingerprint density at radius 1 is 1.14 bits per heavy atom. The van der Waals surface area contributed by atoms with Gasteiger partial charge >= 0.3 is 0 Å². The normalized spacial score (nSPS) is 19.9. The largest absolute Gasteiger partial charge is 0.409 e. The first-order chi connectivity index (χ1) is 10.1. The molecule has 1 fully saturated rings. The van der Waals surface area contributed by atoms with Crippen LogP contribution in [0.2, 0.25) is 0 Å². The predicted octanol–water partition coefficient (Wildman–Crippen LogP) is 1.89. The van der Waals surface area contributed by atoms with Crippen LogP contribution in [0.15, 0.2) is 35.5 Å². The Kier molecular flexibility index (Phi) is 5.59. The first-order valence-electron chi connectivity index (χ1n) is 7.61. The average molecular weight is 290 g/mol. The number of nitrogens with zero attached hydrogens (tertiary/aromatic N) is 3. The van der Waals surface area contributed by atoms with Crippen molar-refractivity contribution in [3.63, 3.8) is 0 Å². The van der Waals surface area contributed by atoms with Gasteiger partial charge in [-0.2, -0.15) is 0 Å². The molecule has 0 amide bonds. The second kappa shape index (κ2) is 7.43. The highest BCUT2D eigenvalue weighted by molar-refractivity contribution is 5.80. The van der Waals surface area contributed by atoms with Crippen molar-refractivity contribution in [2.24, 2.45) is 10.9 Å². The molecule has 1 atom stereocenters. The first-order valence-corrected chi connectivity index (χ1v) is 7.61. The fourth-order valence-corrected chi connectivity index (χ4v) is 2.94. The Hall–Kier alpha value is -1.59. The van der Waals surface area contributed by atoms with E-state index in [4.69, 9.17) is 10.9 Å². The van der Waals surface area contributed by atoms with Gasteiger partial charge in [-0.3, -0.25) is 9.80 Å². The zero-order valence-electron chi connectivity index (χ0n) is 12.9. The minimum Gasteiger partial charge on any atom is -0.409 e. The van der Waals surface area contributed by atoms with E-state index in [1.807, 2.05) is 18.2 Å². The Bertz CT molecular complexity index is 453. The topological polar surface area (TPSA) is 65.1 Å². The van der Waals surface area contributed by atoms with Gasteiger partial charge in [0, 0.05) is 44.7 Å². The summed E-state index contributed by atoms with van der Waals surface area (Å²) in [5, 5.41) is 12.0. The molecule has 1 saturated heterocycles. The van der Waals surface area contributed by atoms with Crippen molar-refractivity contribution >= 4 is 5.84 Å². The molecule has 3 N–H and O–H groups in total. The number of hydrogen-bond donors (Lipinski definition) is 2. The van der Waals surface area contributed by atoms with Crippen molar-refractivity contribution in [1.82, 2.24) is 9.80 Å². The van der Waals surface area contributed by atoms with Gasteiger partial charge in [-0.05, 0) is 19.4 Å². The predicted molar refractivity (Wildman–Crippen MR) is 85.5 cm³/mol. The Morgan fingerprint density at radius 2 is 1.71 bits per heavy atom. The number of oxime groups is 1. The molecule has 0 saturated carbocycles. The number of nitrogens with two attached hydrogens (primary N) is 1. The molecule has 1 unspecified atom stereocenters. The van der Waals surface area contributed by atoms with Crippen molar-refractivity contribution in [3.05, 3.63) is 35.9 Å². The SMILES string of the molecule is CC(C)N1CCN(C(CC(N)=NO)c2ccccc2)CC1. The van der Waals surface area contributed by atoms with E-state index < -0.39 is 0 Å². The highest BCUT2D eigenvalue weighted by Crippen LogP contribution is 2.25. The molecular weight excluding hydrogens is 264 g/mol. The molecule has 116 valence electrons. The van der Waals surface area contributed by atoms with Gasteiger partial charge in [0.25, 0.3) is 0 Å². The summed E-state index contributed by atoms with van der Waals surface area (Å²) in [6, 6.07) is 11.1. The third-order valence-corrected chi connectivity index (χ3v) is 4.24. The summed E-state index contributed by atoms with van der Waals surface area (Å²) in [7, 11) is 0. The highest BCUT2D eigenvalue weighted by atomic mass is 16.4. The summed E-state index contributed by atoms with van der Waals surface area (Å²) in [5.41, 5.74) is 6.98. The number of amidine groups is 1. The minimum atomic E-state index is 0.177. The molecule has 1 aromatic carbocycles. The molecule has 0 bridgehead atoms. The molecule has 0 radical (unpaired) electrons. The van der Waals surface area contributed by atoms with E-state index in [0.29, 0.717) is 12.5 Å². The van der Waals surface area contributed by atoms with E-state index in [2.05, 4.69) is 40.9 Å². The van der Waals surface area contributed by atoms with Gasteiger partial charge in [0.15, 0.2) is 0 Å². The zero-order valence-corrected chi connectivity index (χ0v) is 12.9. The van der Waals surface area contributed by atoms with Crippen LogP contribution < -0.4 is 5.73 Å². The van der Waals surface area contributed by atoms with Gasteiger partial charge < -0.3 is 10.9 Å². The van der Waals surface area contributed by atoms with Gasteiger partial charge in [-0.15, -0.1) is 0 Å². The van der Waals surface area contributed by atoms with Gasteiger partial charge in [0.05, 0.1) is 0 Å². The second-order valence-electron chi connectivity index (χ2n) is 5.89. The Balaban J connectivity index is 2.10. The van der Waals surface area contributed by atoms with Crippen LogP contribution in [-0.4, -0.2) is 53.1 Å². The van der Waals surface area contributed by atoms with Gasteiger partial charge in [-0.1, -0.05) is 35.5 Å². The Labute approximate surface area is 127 Å². The molecule has 1 aromatic rings. The number of hydrogen-bond acceptors (Lipinski definition) is 4. The number of benzene rings is 1. The lowest BCUT2D eigenvalue weighted by molar-refractivity contribution is 0.0795. The lowest BCUT2D eigenvalue weighted by atomic mass is 10.0. The fraction of sp³-hybridized carbons (Fsp3) is 0.562. The molecule has 21 heavy (non-hydrogen) atoms. The maximum Gasteiger partial charge on any atom is 0.141 e. The molecule has 1 heterocycles. The number of rotatable bonds is 5. The van der Waals surface area contributed by atoms with Crippen LogP contribution >= 0.6 is 0 Å². The molecule has 1 aliphatic heterocycles. The third-order valence-electron chi connectivity index (χ3n) is 4.24. The molecular formula is C16H26N4O. The van der Waals surface area contributed by atoms with Crippen molar-refractivity contribution in [2.45, 2.75) is 32.4 Å². The fourth-order valence-electron chi connectivity index (χ4n) is 2.94. The molecule has 1 aliphatic rings. The average Bonchev–Trinajstić information content (AvgIpc) is 2.53. The van der Waals surface area contributed by atoms with Crippen molar-refractivity contribution in [2.75, 3.05) is 26.2 Å². The molecule has 0 aromatic heterocycles. The molecule has 0 aliphatic carbocycles.